The molecule has 1 rings (SSSR count). The fourth-order valence-corrected chi connectivity index (χ4v) is 2.30. The summed E-state index contributed by atoms with van der Waals surface area (Å²) in [5, 5.41) is 9.19. The van der Waals surface area contributed by atoms with Crippen LogP contribution >= 0.6 is 0 Å². The summed E-state index contributed by atoms with van der Waals surface area (Å²) in [6.07, 6.45) is 0. The summed E-state index contributed by atoms with van der Waals surface area (Å²) < 4.78 is 14.0. The number of hydrogen-bond acceptors (Lipinski definition) is 3. The van der Waals surface area contributed by atoms with Gasteiger partial charge < -0.3 is 14.9 Å². The highest BCUT2D eigenvalue weighted by Gasteiger charge is 2.23. The van der Waals surface area contributed by atoms with Gasteiger partial charge in [-0.2, -0.15) is 0 Å². The zero-order chi connectivity index (χ0) is 14.6. The predicted molar refractivity (Wildman–Crippen MR) is 74.4 cm³/mol. The largest absolute Gasteiger partial charge is 0.478 e. The first kappa shape index (κ1) is 15.4. The van der Waals surface area contributed by atoms with E-state index in [0.717, 1.165) is 6.54 Å². The maximum Gasteiger partial charge on any atom is 0.337 e. The SMILES string of the molecule is CCN(c1c(F)cccc1C(=O)O)C(C)CN(C)C. The Balaban J connectivity index is 3.20. The minimum atomic E-state index is -1.11. The van der Waals surface area contributed by atoms with Crippen molar-refractivity contribution in [3.63, 3.8) is 0 Å². The van der Waals surface area contributed by atoms with Crippen molar-refractivity contribution >= 4 is 11.7 Å². The van der Waals surface area contributed by atoms with Gasteiger partial charge >= 0.3 is 5.97 Å². The second kappa shape index (κ2) is 6.52. The van der Waals surface area contributed by atoms with Crippen molar-refractivity contribution in [3.05, 3.63) is 29.6 Å². The van der Waals surface area contributed by atoms with Crippen LogP contribution in [0.2, 0.25) is 0 Å². The number of likely N-dealkylation sites (N-methyl/N-ethyl adjacent to an activating group) is 2. The van der Waals surface area contributed by atoms with Crippen LogP contribution in [0.3, 0.4) is 0 Å². The van der Waals surface area contributed by atoms with Gasteiger partial charge in [0.1, 0.15) is 5.82 Å². The number of carboxylic acids is 1. The maximum atomic E-state index is 14.0. The van der Waals surface area contributed by atoms with E-state index >= 15 is 0 Å². The van der Waals surface area contributed by atoms with E-state index in [1.165, 1.54) is 18.2 Å². The molecular formula is C14H21FN2O2. The third-order valence-corrected chi connectivity index (χ3v) is 3.01. The Kier molecular flexibility index (Phi) is 5.30. The quantitative estimate of drug-likeness (QED) is 0.859. The van der Waals surface area contributed by atoms with Crippen LogP contribution in [0.25, 0.3) is 0 Å². The van der Waals surface area contributed by atoms with E-state index in [1.807, 2.05) is 32.8 Å². The second-order valence-electron chi connectivity index (χ2n) is 4.84. The molecule has 0 aliphatic rings. The van der Waals surface area contributed by atoms with Crippen molar-refractivity contribution in [1.29, 1.82) is 0 Å². The average molecular weight is 268 g/mol. The zero-order valence-corrected chi connectivity index (χ0v) is 11.9. The number of anilines is 1. The number of para-hydroxylation sites is 1. The molecular weight excluding hydrogens is 247 g/mol. The first-order valence-electron chi connectivity index (χ1n) is 6.31. The lowest BCUT2D eigenvalue weighted by Crippen LogP contribution is -2.41. The van der Waals surface area contributed by atoms with Gasteiger partial charge in [-0.3, -0.25) is 0 Å². The fourth-order valence-electron chi connectivity index (χ4n) is 2.30. The van der Waals surface area contributed by atoms with Crippen LogP contribution < -0.4 is 4.90 Å². The lowest BCUT2D eigenvalue weighted by molar-refractivity contribution is 0.0697. The first-order chi connectivity index (χ1) is 8.88. The van der Waals surface area contributed by atoms with Crippen LogP contribution in [0.15, 0.2) is 18.2 Å². The van der Waals surface area contributed by atoms with Gasteiger partial charge in [0.2, 0.25) is 0 Å². The molecule has 0 aromatic heterocycles. The smallest absolute Gasteiger partial charge is 0.337 e. The number of carbonyl (C=O) groups is 1. The number of nitrogens with zero attached hydrogens (tertiary/aromatic N) is 2. The molecule has 0 saturated carbocycles. The van der Waals surface area contributed by atoms with Gasteiger partial charge in [-0.15, -0.1) is 0 Å². The topological polar surface area (TPSA) is 43.8 Å². The maximum absolute atomic E-state index is 14.0. The van der Waals surface area contributed by atoms with Crippen LogP contribution in [0, 0.1) is 5.82 Å². The highest BCUT2D eigenvalue weighted by molar-refractivity contribution is 5.94. The summed E-state index contributed by atoms with van der Waals surface area (Å²) in [7, 11) is 3.87. The van der Waals surface area contributed by atoms with Crippen molar-refractivity contribution in [2.24, 2.45) is 0 Å². The van der Waals surface area contributed by atoms with Crippen molar-refractivity contribution < 1.29 is 14.3 Å². The molecule has 0 heterocycles. The molecule has 1 aromatic carbocycles. The third-order valence-electron chi connectivity index (χ3n) is 3.01. The van der Waals surface area contributed by atoms with E-state index in [0.29, 0.717) is 6.54 Å². The van der Waals surface area contributed by atoms with Crippen LogP contribution in [0.4, 0.5) is 10.1 Å². The van der Waals surface area contributed by atoms with Crippen LogP contribution in [0.1, 0.15) is 24.2 Å². The number of halogens is 1. The fraction of sp³-hybridized carbons (Fsp3) is 0.500. The summed E-state index contributed by atoms with van der Waals surface area (Å²) in [4.78, 5) is 15.0. The summed E-state index contributed by atoms with van der Waals surface area (Å²) >= 11 is 0. The van der Waals surface area contributed by atoms with Crippen LogP contribution in [0.5, 0.6) is 0 Å². The van der Waals surface area contributed by atoms with E-state index in [4.69, 9.17) is 0 Å². The summed E-state index contributed by atoms with van der Waals surface area (Å²) in [6, 6.07) is 4.18. The Morgan fingerprint density at radius 3 is 2.53 bits per heavy atom. The molecule has 0 aliphatic heterocycles. The van der Waals surface area contributed by atoms with Crippen molar-refractivity contribution in [2.45, 2.75) is 19.9 Å². The lowest BCUT2D eigenvalue weighted by atomic mass is 10.1. The molecule has 1 unspecified atom stereocenters. The second-order valence-corrected chi connectivity index (χ2v) is 4.84. The van der Waals surface area contributed by atoms with Gasteiger partial charge in [-0.25, -0.2) is 9.18 Å². The minimum absolute atomic E-state index is 0.00690. The molecule has 0 spiro atoms. The van der Waals surface area contributed by atoms with Gasteiger partial charge in [0, 0.05) is 19.1 Å². The standard InChI is InChI=1S/C14H21FN2O2/c1-5-17(10(2)9-16(3)4)13-11(14(18)19)7-6-8-12(13)15/h6-8,10H,5,9H2,1-4H3,(H,18,19). The number of hydrogen-bond donors (Lipinski definition) is 1. The molecule has 0 saturated heterocycles. The van der Waals surface area contributed by atoms with Crippen LogP contribution in [-0.2, 0) is 0 Å². The molecule has 106 valence electrons. The summed E-state index contributed by atoms with van der Waals surface area (Å²) in [6.45, 7) is 5.13. The van der Waals surface area contributed by atoms with E-state index in [1.54, 1.807) is 4.90 Å². The highest BCUT2D eigenvalue weighted by atomic mass is 19.1. The summed E-state index contributed by atoms with van der Waals surface area (Å²) in [5.41, 5.74) is 0.180. The number of carboxylic acid groups (broad SMARTS) is 1. The van der Waals surface area contributed by atoms with E-state index in [9.17, 15) is 14.3 Å². The molecule has 0 radical (unpaired) electrons. The van der Waals surface area contributed by atoms with Crippen molar-refractivity contribution in [1.82, 2.24) is 4.90 Å². The minimum Gasteiger partial charge on any atom is -0.478 e. The molecule has 0 aliphatic carbocycles. The van der Waals surface area contributed by atoms with Gasteiger partial charge in [0.05, 0.1) is 11.3 Å². The van der Waals surface area contributed by atoms with Gasteiger partial charge in [0.25, 0.3) is 0 Å². The average Bonchev–Trinajstić information content (AvgIpc) is 2.30. The Bertz CT molecular complexity index is 449. The van der Waals surface area contributed by atoms with Crippen molar-refractivity contribution in [3.8, 4) is 0 Å². The number of aromatic carboxylic acids is 1. The Hall–Kier alpha value is -1.62. The van der Waals surface area contributed by atoms with Gasteiger partial charge in [0.15, 0.2) is 0 Å². The molecule has 0 fully saturated rings. The van der Waals surface area contributed by atoms with E-state index < -0.39 is 11.8 Å². The van der Waals surface area contributed by atoms with Gasteiger partial charge in [-0.05, 0) is 40.1 Å². The molecule has 1 N–H and O–H groups in total. The monoisotopic (exact) mass is 268 g/mol. The van der Waals surface area contributed by atoms with Crippen molar-refractivity contribution in [2.75, 3.05) is 32.1 Å². The number of rotatable bonds is 6. The molecule has 1 aromatic rings. The molecule has 1 atom stereocenters. The Morgan fingerprint density at radius 1 is 1.42 bits per heavy atom. The zero-order valence-electron chi connectivity index (χ0n) is 11.9. The number of benzene rings is 1. The Labute approximate surface area is 113 Å². The normalized spacial score (nSPS) is 12.5. The predicted octanol–water partition coefficient (Wildman–Crippen LogP) is 2.30. The molecule has 0 bridgehead atoms. The highest BCUT2D eigenvalue weighted by Crippen LogP contribution is 2.26. The molecule has 4 nitrogen and oxygen atoms in total. The van der Waals surface area contributed by atoms with E-state index in [-0.39, 0.29) is 17.3 Å². The van der Waals surface area contributed by atoms with Gasteiger partial charge in [-0.1, -0.05) is 6.07 Å². The Morgan fingerprint density at radius 2 is 2.05 bits per heavy atom. The van der Waals surface area contributed by atoms with E-state index in [2.05, 4.69) is 0 Å². The first-order valence-corrected chi connectivity index (χ1v) is 6.31. The lowest BCUT2D eigenvalue weighted by Gasteiger charge is -2.33. The molecule has 19 heavy (non-hydrogen) atoms. The van der Waals surface area contributed by atoms with Crippen LogP contribution in [-0.4, -0.2) is 49.2 Å². The third kappa shape index (κ3) is 3.67. The molecule has 0 amide bonds. The summed E-state index contributed by atoms with van der Waals surface area (Å²) in [5.74, 6) is -1.60. The molecule has 5 heteroatoms.